The van der Waals surface area contributed by atoms with Gasteiger partial charge in [0.05, 0.1) is 11.6 Å². The van der Waals surface area contributed by atoms with Crippen LogP contribution in [-0.2, 0) is 6.32 Å². The zero-order chi connectivity index (χ0) is 7.40. The lowest BCUT2D eigenvalue weighted by atomic mass is 9.96. The molecule has 2 heteroatoms. The summed E-state index contributed by atoms with van der Waals surface area (Å²) >= 11 is 0. The van der Waals surface area contributed by atoms with Crippen molar-refractivity contribution in [1.29, 1.82) is 5.26 Å². The lowest BCUT2D eigenvalue weighted by Gasteiger charge is -1.93. The minimum atomic E-state index is 0.749. The van der Waals surface area contributed by atoms with Gasteiger partial charge in [0.1, 0.15) is 7.85 Å². The number of nitrogens with zero attached hydrogens (tertiary/aromatic N) is 1. The van der Waals surface area contributed by atoms with E-state index < -0.39 is 0 Å². The van der Waals surface area contributed by atoms with Crippen LogP contribution in [0.2, 0.25) is 0 Å². The average Bonchev–Trinajstić information content (AvgIpc) is 2.05. The molecule has 0 aliphatic heterocycles. The lowest BCUT2D eigenvalue weighted by Crippen LogP contribution is -1.83. The van der Waals surface area contributed by atoms with Gasteiger partial charge in [-0.05, 0) is 12.1 Å². The summed E-state index contributed by atoms with van der Waals surface area (Å²) in [5, 5.41) is 8.51. The molecular weight excluding hydrogens is 121 g/mol. The molecule has 0 aliphatic carbocycles. The van der Waals surface area contributed by atoms with Gasteiger partial charge in [0.25, 0.3) is 0 Å². The van der Waals surface area contributed by atoms with E-state index in [1.807, 2.05) is 24.3 Å². The van der Waals surface area contributed by atoms with Crippen LogP contribution >= 0.6 is 0 Å². The fourth-order valence-corrected chi connectivity index (χ4v) is 0.861. The van der Waals surface area contributed by atoms with Gasteiger partial charge in [0.15, 0.2) is 0 Å². The molecule has 0 N–H and O–H groups in total. The van der Waals surface area contributed by atoms with Crippen LogP contribution in [0, 0.1) is 11.3 Å². The summed E-state index contributed by atoms with van der Waals surface area (Å²) < 4.78 is 0. The molecule has 0 spiro atoms. The minimum Gasteiger partial charge on any atom is -0.192 e. The van der Waals surface area contributed by atoms with Crippen LogP contribution in [0.25, 0.3) is 0 Å². The number of hydrogen-bond acceptors (Lipinski definition) is 1. The maximum atomic E-state index is 8.51. The van der Waals surface area contributed by atoms with E-state index in [2.05, 4.69) is 13.9 Å². The van der Waals surface area contributed by atoms with Crippen LogP contribution < -0.4 is 0 Å². The molecule has 10 heavy (non-hydrogen) atoms. The summed E-state index contributed by atoms with van der Waals surface area (Å²) in [6.45, 7) is 0. The van der Waals surface area contributed by atoms with Crippen molar-refractivity contribution >= 4 is 7.85 Å². The van der Waals surface area contributed by atoms with Crippen molar-refractivity contribution in [1.82, 2.24) is 0 Å². The fourth-order valence-electron chi connectivity index (χ4n) is 0.861. The SMILES string of the molecule is BCc1cccc(C#N)c1. The third-order valence-corrected chi connectivity index (χ3v) is 1.46. The van der Waals surface area contributed by atoms with Crippen LogP contribution in [0.4, 0.5) is 0 Å². The van der Waals surface area contributed by atoms with E-state index in [1.54, 1.807) is 0 Å². The summed E-state index contributed by atoms with van der Waals surface area (Å²) in [6.07, 6.45) is 0.996. The van der Waals surface area contributed by atoms with E-state index in [9.17, 15) is 0 Å². The molecule has 1 aromatic carbocycles. The maximum Gasteiger partial charge on any atom is 0.107 e. The second-order valence-corrected chi connectivity index (χ2v) is 2.17. The minimum absolute atomic E-state index is 0.749. The van der Waals surface area contributed by atoms with Crippen molar-refractivity contribution in [3.63, 3.8) is 0 Å². The van der Waals surface area contributed by atoms with E-state index in [1.165, 1.54) is 5.56 Å². The van der Waals surface area contributed by atoms with Gasteiger partial charge in [-0.2, -0.15) is 5.26 Å². The van der Waals surface area contributed by atoms with Gasteiger partial charge in [-0.25, -0.2) is 0 Å². The van der Waals surface area contributed by atoms with E-state index in [-0.39, 0.29) is 0 Å². The maximum absolute atomic E-state index is 8.51. The summed E-state index contributed by atoms with van der Waals surface area (Å²) in [6, 6.07) is 9.78. The molecule has 0 saturated heterocycles. The standard InChI is InChI=1S/C8H8BN/c9-5-7-2-1-3-8(4-7)6-10/h1-4H,5,9H2. The molecule has 0 amide bonds. The molecule has 48 valence electrons. The van der Waals surface area contributed by atoms with Crippen LogP contribution in [0.3, 0.4) is 0 Å². The number of hydrogen-bond donors (Lipinski definition) is 0. The van der Waals surface area contributed by atoms with Gasteiger partial charge in [0, 0.05) is 0 Å². The Hall–Kier alpha value is -1.23. The van der Waals surface area contributed by atoms with E-state index in [0.717, 1.165) is 11.9 Å². The first-order chi connectivity index (χ1) is 4.86. The molecule has 0 atom stereocenters. The summed E-state index contributed by atoms with van der Waals surface area (Å²) in [5.74, 6) is 0. The lowest BCUT2D eigenvalue weighted by molar-refractivity contribution is 1.37. The molecular formula is C8H8BN. The molecule has 0 saturated carbocycles. The van der Waals surface area contributed by atoms with Gasteiger partial charge in [-0.1, -0.05) is 24.0 Å². The molecule has 0 aliphatic rings. The van der Waals surface area contributed by atoms with Crippen molar-refractivity contribution < 1.29 is 0 Å². The zero-order valence-electron chi connectivity index (χ0n) is 5.96. The summed E-state index contributed by atoms with van der Waals surface area (Å²) in [4.78, 5) is 0. The molecule has 0 radical (unpaired) electrons. The second-order valence-electron chi connectivity index (χ2n) is 2.17. The summed E-state index contributed by atoms with van der Waals surface area (Å²) in [5.41, 5.74) is 1.97. The van der Waals surface area contributed by atoms with E-state index >= 15 is 0 Å². The van der Waals surface area contributed by atoms with Gasteiger partial charge in [-0.3, -0.25) is 0 Å². The van der Waals surface area contributed by atoms with Gasteiger partial charge in [-0.15, -0.1) is 0 Å². The number of rotatable bonds is 1. The number of benzene rings is 1. The van der Waals surface area contributed by atoms with E-state index in [4.69, 9.17) is 5.26 Å². The average molecular weight is 129 g/mol. The predicted molar refractivity (Wildman–Crippen MR) is 43.4 cm³/mol. The third kappa shape index (κ3) is 1.38. The van der Waals surface area contributed by atoms with Crippen molar-refractivity contribution in [3.8, 4) is 6.07 Å². The van der Waals surface area contributed by atoms with Crippen molar-refractivity contribution in [2.24, 2.45) is 0 Å². The Morgan fingerprint density at radius 2 is 2.30 bits per heavy atom. The number of nitriles is 1. The highest BCUT2D eigenvalue weighted by Gasteiger charge is 1.89. The van der Waals surface area contributed by atoms with Crippen molar-refractivity contribution in [3.05, 3.63) is 35.4 Å². The Bertz CT molecular complexity index is 262. The fraction of sp³-hybridized carbons (Fsp3) is 0.125. The Morgan fingerprint density at radius 3 is 2.90 bits per heavy atom. The molecule has 1 rings (SSSR count). The third-order valence-electron chi connectivity index (χ3n) is 1.46. The van der Waals surface area contributed by atoms with Gasteiger partial charge < -0.3 is 0 Å². The molecule has 0 bridgehead atoms. The highest BCUT2D eigenvalue weighted by atomic mass is 14.2. The van der Waals surface area contributed by atoms with Crippen LogP contribution in [0.5, 0.6) is 0 Å². The first-order valence-corrected chi connectivity index (χ1v) is 3.36. The van der Waals surface area contributed by atoms with Crippen molar-refractivity contribution in [2.45, 2.75) is 6.32 Å². The molecule has 0 heterocycles. The van der Waals surface area contributed by atoms with Gasteiger partial charge >= 0.3 is 0 Å². The largest absolute Gasteiger partial charge is 0.192 e. The Kier molecular flexibility index (Phi) is 2.12. The molecule has 0 aromatic heterocycles. The molecule has 0 unspecified atom stereocenters. The van der Waals surface area contributed by atoms with Crippen LogP contribution in [0.15, 0.2) is 24.3 Å². The van der Waals surface area contributed by atoms with Crippen molar-refractivity contribution in [2.75, 3.05) is 0 Å². The highest BCUT2D eigenvalue weighted by molar-refractivity contribution is 6.08. The molecule has 1 aromatic rings. The molecule has 0 fully saturated rings. The Labute approximate surface area is 61.7 Å². The first-order valence-electron chi connectivity index (χ1n) is 3.36. The Balaban J connectivity index is 3.01. The smallest absolute Gasteiger partial charge is 0.107 e. The van der Waals surface area contributed by atoms with Crippen LogP contribution in [0.1, 0.15) is 11.1 Å². The summed E-state index contributed by atoms with van der Waals surface area (Å²) in [7, 11) is 2.08. The van der Waals surface area contributed by atoms with Crippen LogP contribution in [-0.4, -0.2) is 7.85 Å². The predicted octanol–water partition coefficient (Wildman–Crippen LogP) is 0.691. The topological polar surface area (TPSA) is 23.8 Å². The van der Waals surface area contributed by atoms with E-state index in [0.29, 0.717) is 0 Å². The second kappa shape index (κ2) is 3.07. The van der Waals surface area contributed by atoms with Gasteiger partial charge in [0.2, 0.25) is 0 Å². The first kappa shape index (κ1) is 6.89. The quantitative estimate of drug-likeness (QED) is 0.511. The zero-order valence-corrected chi connectivity index (χ0v) is 5.96. The normalized spacial score (nSPS) is 8.70. The monoisotopic (exact) mass is 129 g/mol. The Morgan fingerprint density at radius 1 is 1.50 bits per heavy atom. The highest BCUT2D eigenvalue weighted by Crippen LogP contribution is 2.02. The molecule has 1 nitrogen and oxygen atoms in total.